The van der Waals surface area contributed by atoms with Gasteiger partial charge in [0.2, 0.25) is 0 Å². The maximum atomic E-state index is 12.3. The molecular formula is C21H31N5O2S. The summed E-state index contributed by atoms with van der Waals surface area (Å²) >= 11 is 0. The van der Waals surface area contributed by atoms with Crippen molar-refractivity contribution in [3.63, 3.8) is 0 Å². The summed E-state index contributed by atoms with van der Waals surface area (Å²) in [4.78, 5) is 9.39. The summed E-state index contributed by atoms with van der Waals surface area (Å²) in [7, 11) is -0.900. The monoisotopic (exact) mass is 417 g/mol. The lowest BCUT2D eigenvalue weighted by atomic mass is 10.2. The van der Waals surface area contributed by atoms with E-state index in [1.165, 1.54) is 0 Å². The molecule has 1 aromatic heterocycles. The van der Waals surface area contributed by atoms with Crippen molar-refractivity contribution in [2.24, 2.45) is 4.99 Å². The minimum atomic E-state index is -0.900. The third-order valence-corrected chi connectivity index (χ3v) is 6.11. The molecule has 1 fully saturated rings. The van der Waals surface area contributed by atoms with E-state index in [9.17, 15) is 4.21 Å². The first-order chi connectivity index (χ1) is 14.1. The SMILES string of the molecule is CCNC(=NCCS(=O)Cc1ccccc1)N1CCN(Cc2cc(C)on2)CC1. The van der Waals surface area contributed by atoms with Gasteiger partial charge in [-0.15, -0.1) is 0 Å². The van der Waals surface area contributed by atoms with Gasteiger partial charge in [0.1, 0.15) is 5.76 Å². The summed E-state index contributed by atoms with van der Waals surface area (Å²) in [5, 5.41) is 7.46. The molecule has 0 saturated carbocycles. The van der Waals surface area contributed by atoms with E-state index < -0.39 is 10.8 Å². The largest absolute Gasteiger partial charge is 0.361 e. The number of guanidine groups is 1. The Morgan fingerprint density at radius 3 is 2.66 bits per heavy atom. The first-order valence-corrected chi connectivity index (χ1v) is 11.7. The fourth-order valence-electron chi connectivity index (χ4n) is 3.35. The van der Waals surface area contributed by atoms with Crippen LogP contribution < -0.4 is 5.32 Å². The third kappa shape index (κ3) is 6.97. The molecule has 0 radical (unpaired) electrons. The van der Waals surface area contributed by atoms with Crippen LogP contribution in [-0.4, -0.2) is 70.1 Å². The molecule has 0 aliphatic carbocycles. The molecule has 1 aromatic carbocycles. The number of aromatic nitrogens is 1. The molecule has 0 spiro atoms. The topological polar surface area (TPSA) is 74.0 Å². The second-order valence-electron chi connectivity index (χ2n) is 7.20. The second kappa shape index (κ2) is 11.1. The van der Waals surface area contributed by atoms with Crippen molar-refractivity contribution >= 4 is 16.8 Å². The summed E-state index contributed by atoms with van der Waals surface area (Å²) in [6.45, 7) is 9.94. The summed E-state index contributed by atoms with van der Waals surface area (Å²) in [6, 6.07) is 12.0. The first-order valence-electron chi connectivity index (χ1n) is 10.2. The molecule has 0 amide bonds. The average Bonchev–Trinajstić information content (AvgIpc) is 3.13. The number of hydrogen-bond donors (Lipinski definition) is 1. The van der Waals surface area contributed by atoms with E-state index in [0.29, 0.717) is 18.1 Å². The van der Waals surface area contributed by atoms with Gasteiger partial charge in [-0.3, -0.25) is 14.1 Å². The normalized spacial score (nSPS) is 16.8. The average molecular weight is 418 g/mol. The molecule has 1 N–H and O–H groups in total. The van der Waals surface area contributed by atoms with Gasteiger partial charge in [-0.1, -0.05) is 35.5 Å². The number of nitrogens with one attached hydrogen (secondary N) is 1. The predicted octanol–water partition coefficient (Wildman–Crippen LogP) is 2.02. The van der Waals surface area contributed by atoms with E-state index in [2.05, 4.69) is 27.2 Å². The minimum absolute atomic E-state index is 0.570. The molecule has 1 aliphatic heterocycles. The zero-order chi connectivity index (χ0) is 20.5. The summed E-state index contributed by atoms with van der Waals surface area (Å²) in [5.74, 6) is 2.94. The fourth-order valence-corrected chi connectivity index (χ4v) is 4.35. The summed E-state index contributed by atoms with van der Waals surface area (Å²) < 4.78 is 17.5. The maximum Gasteiger partial charge on any atom is 0.194 e. The Morgan fingerprint density at radius 2 is 2.00 bits per heavy atom. The van der Waals surface area contributed by atoms with Crippen molar-refractivity contribution in [2.75, 3.05) is 45.0 Å². The zero-order valence-electron chi connectivity index (χ0n) is 17.3. The molecule has 2 heterocycles. The smallest absolute Gasteiger partial charge is 0.194 e. The number of rotatable bonds is 8. The van der Waals surface area contributed by atoms with Crippen LogP contribution >= 0.6 is 0 Å². The van der Waals surface area contributed by atoms with Gasteiger partial charge >= 0.3 is 0 Å². The van der Waals surface area contributed by atoms with Gasteiger partial charge in [0.15, 0.2) is 5.96 Å². The van der Waals surface area contributed by atoms with Crippen LogP contribution in [-0.2, 0) is 23.1 Å². The third-order valence-electron chi connectivity index (χ3n) is 4.82. The van der Waals surface area contributed by atoms with Crippen molar-refractivity contribution in [3.05, 3.63) is 53.4 Å². The van der Waals surface area contributed by atoms with Gasteiger partial charge in [-0.05, 0) is 19.4 Å². The van der Waals surface area contributed by atoms with Gasteiger partial charge in [0.05, 0.1) is 12.2 Å². The van der Waals surface area contributed by atoms with Crippen LogP contribution in [0.4, 0.5) is 0 Å². The van der Waals surface area contributed by atoms with Crippen LogP contribution in [0.5, 0.6) is 0 Å². The lowest BCUT2D eigenvalue weighted by Crippen LogP contribution is -2.52. The molecular weight excluding hydrogens is 386 g/mol. The van der Waals surface area contributed by atoms with Crippen molar-refractivity contribution in [3.8, 4) is 0 Å². The van der Waals surface area contributed by atoms with Gasteiger partial charge in [-0.25, -0.2) is 0 Å². The van der Waals surface area contributed by atoms with E-state index in [4.69, 9.17) is 9.52 Å². The second-order valence-corrected chi connectivity index (χ2v) is 8.78. The fraction of sp³-hybridized carbons (Fsp3) is 0.524. The van der Waals surface area contributed by atoms with Gasteiger partial charge in [-0.2, -0.15) is 0 Å². The predicted molar refractivity (Wildman–Crippen MR) is 117 cm³/mol. The Morgan fingerprint density at radius 1 is 1.24 bits per heavy atom. The van der Waals surface area contributed by atoms with Crippen LogP contribution in [0.3, 0.4) is 0 Å². The summed E-state index contributed by atoms with van der Waals surface area (Å²) in [6.07, 6.45) is 0. The lowest BCUT2D eigenvalue weighted by molar-refractivity contribution is 0.169. The Kier molecular flexibility index (Phi) is 8.25. The maximum absolute atomic E-state index is 12.3. The molecule has 8 heteroatoms. The van der Waals surface area contributed by atoms with Crippen molar-refractivity contribution in [1.29, 1.82) is 0 Å². The van der Waals surface area contributed by atoms with Crippen molar-refractivity contribution < 1.29 is 8.73 Å². The highest BCUT2D eigenvalue weighted by Crippen LogP contribution is 2.09. The Balaban J connectivity index is 1.45. The summed E-state index contributed by atoms with van der Waals surface area (Å²) in [5.41, 5.74) is 2.09. The molecule has 1 saturated heterocycles. The Bertz CT molecular complexity index is 800. The Hall–Kier alpha value is -2.19. The highest BCUT2D eigenvalue weighted by Gasteiger charge is 2.20. The van der Waals surface area contributed by atoms with Crippen LogP contribution in [0.2, 0.25) is 0 Å². The van der Waals surface area contributed by atoms with Crippen LogP contribution in [0.1, 0.15) is 23.9 Å². The molecule has 3 rings (SSSR count). The van der Waals surface area contributed by atoms with Gasteiger partial charge < -0.3 is 14.7 Å². The molecule has 0 bridgehead atoms. The minimum Gasteiger partial charge on any atom is -0.361 e. The van der Waals surface area contributed by atoms with E-state index >= 15 is 0 Å². The van der Waals surface area contributed by atoms with E-state index in [1.807, 2.05) is 43.3 Å². The molecule has 1 atom stereocenters. The molecule has 7 nitrogen and oxygen atoms in total. The highest BCUT2D eigenvalue weighted by atomic mass is 32.2. The molecule has 29 heavy (non-hydrogen) atoms. The standard InChI is InChI=1S/C21H31N5O2S/c1-3-22-21(23-9-14-29(27)17-19-7-5-4-6-8-19)26-12-10-25(11-13-26)16-20-15-18(2)28-24-20/h4-8,15H,3,9-14,16-17H2,1-2H3,(H,22,23). The number of aryl methyl sites for hydroxylation is 1. The first kappa shape index (κ1) is 21.5. The van der Waals surface area contributed by atoms with E-state index in [-0.39, 0.29) is 0 Å². The van der Waals surface area contributed by atoms with Crippen LogP contribution in [0.15, 0.2) is 45.9 Å². The van der Waals surface area contributed by atoms with E-state index in [0.717, 1.165) is 62.2 Å². The number of piperazine rings is 1. The quantitative estimate of drug-likeness (QED) is 0.523. The number of hydrogen-bond acceptors (Lipinski definition) is 5. The molecule has 158 valence electrons. The molecule has 1 unspecified atom stereocenters. The van der Waals surface area contributed by atoms with Crippen molar-refractivity contribution in [1.82, 2.24) is 20.3 Å². The van der Waals surface area contributed by atoms with E-state index in [1.54, 1.807) is 0 Å². The lowest BCUT2D eigenvalue weighted by Gasteiger charge is -2.36. The molecule has 2 aromatic rings. The van der Waals surface area contributed by atoms with Gasteiger partial charge in [0, 0.05) is 67.6 Å². The number of aliphatic imine (C=N–C) groups is 1. The van der Waals surface area contributed by atoms with Crippen LogP contribution in [0.25, 0.3) is 0 Å². The number of benzene rings is 1. The zero-order valence-corrected chi connectivity index (χ0v) is 18.2. The number of nitrogens with zero attached hydrogens (tertiary/aromatic N) is 4. The highest BCUT2D eigenvalue weighted by molar-refractivity contribution is 7.84. The molecule has 1 aliphatic rings. The van der Waals surface area contributed by atoms with Crippen LogP contribution in [0, 0.1) is 6.92 Å². The van der Waals surface area contributed by atoms with Gasteiger partial charge in [0.25, 0.3) is 0 Å². The van der Waals surface area contributed by atoms with Crippen molar-refractivity contribution in [2.45, 2.75) is 26.1 Å². The Labute approximate surface area is 175 Å².